The summed E-state index contributed by atoms with van der Waals surface area (Å²) in [6.07, 6.45) is 4.79. The van der Waals surface area contributed by atoms with Crippen molar-refractivity contribution < 1.29 is 23.8 Å². The molecule has 0 saturated heterocycles. The van der Waals surface area contributed by atoms with Crippen LogP contribution in [0.1, 0.15) is 59.8 Å². The first-order valence-electron chi connectivity index (χ1n) is 9.54. The maximum Gasteiger partial charge on any atom is 0.311 e. The zero-order valence-corrected chi connectivity index (χ0v) is 16.2. The summed E-state index contributed by atoms with van der Waals surface area (Å²) < 4.78 is 16.2. The van der Waals surface area contributed by atoms with Gasteiger partial charge in [0.25, 0.3) is 0 Å². The number of carbonyl (C=O) groups is 2. The fourth-order valence-corrected chi connectivity index (χ4v) is 5.48. The summed E-state index contributed by atoms with van der Waals surface area (Å²) >= 11 is 0. The first kappa shape index (κ1) is 18.7. The predicted molar refractivity (Wildman–Crippen MR) is 92.5 cm³/mol. The summed E-state index contributed by atoms with van der Waals surface area (Å²) in [5.41, 5.74) is -0.397. The summed E-state index contributed by atoms with van der Waals surface area (Å²) in [5.74, 6) is 1.13. The van der Waals surface area contributed by atoms with Crippen molar-refractivity contribution >= 4 is 11.9 Å². The van der Waals surface area contributed by atoms with Gasteiger partial charge in [0.1, 0.15) is 0 Å². The Labute approximate surface area is 150 Å². The number of hydrogen-bond donors (Lipinski definition) is 0. The lowest BCUT2D eigenvalue weighted by molar-refractivity contribution is -0.196. The molecule has 0 spiro atoms. The van der Waals surface area contributed by atoms with Gasteiger partial charge in [0, 0.05) is 12.5 Å². The Kier molecular flexibility index (Phi) is 4.91. The third-order valence-electron chi connectivity index (χ3n) is 6.41. The number of hydrogen-bond acceptors (Lipinski definition) is 5. The fourth-order valence-electron chi connectivity index (χ4n) is 5.48. The average Bonchev–Trinajstić information content (AvgIpc) is 2.50. The SMILES string of the molecule is COC(C)OC(=O)C1C2CC3CC1CC(COC(=O)C(C)(C)C)(C3)C2. The number of esters is 2. The van der Waals surface area contributed by atoms with Crippen LogP contribution in [-0.2, 0) is 23.8 Å². The van der Waals surface area contributed by atoms with Gasteiger partial charge in [-0.1, -0.05) is 0 Å². The Balaban J connectivity index is 1.66. The largest absolute Gasteiger partial charge is 0.465 e. The van der Waals surface area contributed by atoms with E-state index in [1.807, 2.05) is 20.8 Å². The van der Waals surface area contributed by atoms with Gasteiger partial charge in [-0.3, -0.25) is 9.59 Å². The molecule has 0 radical (unpaired) electrons. The van der Waals surface area contributed by atoms with Crippen molar-refractivity contribution in [2.45, 2.75) is 66.1 Å². The Morgan fingerprint density at radius 3 is 2.24 bits per heavy atom. The lowest BCUT2D eigenvalue weighted by Gasteiger charge is -2.59. The van der Waals surface area contributed by atoms with E-state index in [4.69, 9.17) is 14.2 Å². The smallest absolute Gasteiger partial charge is 0.311 e. The van der Waals surface area contributed by atoms with E-state index in [0.717, 1.165) is 32.1 Å². The molecule has 3 unspecified atom stereocenters. The summed E-state index contributed by atoms with van der Waals surface area (Å²) in [6.45, 7) is 7.92. The highest BCUT2D eigenvalue weighted by Gasteiger charge is 2.58. The Morgan fingerprint density at radius 1 is 1.12 bits per heavy atom. The van der Waals surface area contributed by atoms with E-state index in [2.05, 4.69) is 0 Å². The maximum absolute atomic E-state index is 12.6. The lowest BCUT2D eigenvalue weighted by atomic mass is 9.46. The highest BCUT2D eigenvalue weighted by atomic mass is 16.7. The van der Waals surface area contributed by atoms with Crippen LogP contribution in [-0.4, -0.2) is 31.9 Å². The summed E-state index contributed by atoms with van der Waals surface area (Å²) in [7, 11) is 1.55. The van der Waals surface area contributed by atoms with Crippen LogP contribution in [0.25, 0.3) is 0 Å². The van der Waals surface area contributed by atoms with Crippen LogP contribution in [0.3, 0.4) is 0 Å². The Bertz CT molecular complexity index is 519. The summed E-state index contributed by atoms with van der Waals surface area (Å²) in [5, 5.41) is 0. The second-order valence-corrected chi connectivity index (χ2v) is 9.56. The Hall–Kier alpha value is -1.10. The van der Waals surface area contributed by atoms with E-state index in [9.17, 15) is 9.59 Å². The van der Waals surface area contributed by atoms with Crippen molar-refractivity contribution in [1.82, 2.24) is 0 Å². The minimum atomic E-state index is -0.494. The van der Waals surface area contributed by atoms with Crippen LogP contribution >= 0.6 is 0 Å². The van der Waals surface area contributed by atoms with Crippen LogP contribution in [0.15, 0.2) is 0 Å². The molecule has 0 aromatic rings. The highest BCUT2D eigenvalue weighted by Crippen LogP contribution is 2.62. The van der Waals surface area contributed by atoms with Gasteiger partial charge in [0.15, 0.2) is 6.29 Å². The van der Waals surface area contributed by atoms with Crippen molar-refractivity contribution in [3.05, 3.63) is 0 Å². The maximum atomic E-state index is 12.6. The predicted octanol–water partition coefficient (Wildman–Crippen LogP) is 3.55. The van der Waals surface area contributed by atoms with E-state index in [1.54, 1.807) is 14.0 Å². The quantitative estimate of drug-likeness (QED) is 0.559. The van der Waals surface area contributed by atoms with Crippen LogP contribution < -0.4 is 0 Å². The minimum Gasteiger partial charge on any atom is -0.465 e. The zero-order chi connectivity index (χ0) is 18.4. The molecule has 25 heavy (non-hydrogen) atoms. The molecule has 142 valence electrons. The van der Waals surface area contributed by atoms with Gasteiger partial charge in [-0.2, -0.15) is 0 Å². The van der Waals surface area contributed by atoms with Gasteiger partial charge in [-0.05, 0) is 77.6 Å². The molecule has 4 saturated carbocycles. The average molecular weight is 352 g/mol. The van der Waals surface area contributed by atoms with Gasteiger partial charge in [-0.15, -0.1) is 0 Å². The molecule has 0 heterocycles. The first-order chi connectivity index (χ1) is 11.6. The number of ether oxygens (including phenoxy) is 3. The standard InChI is InChI=1S/C20H32O5/c1-12(23-5)25-17(21)16-14-6-13-7-15(16)10-20(8-13,9-14)11-24-18(22)19(2,3)4/h12-16H,6-11H2,1-5H3. The molecule has 0 aliphatic heterocycles. The molecule has 4 aliphatic carbocycles. The monoisotopic (exact) mass is 352 g/mol. The van der Waals surface area contributed by atoms with Crippen LogP contribution in [0.4, 0.5) is 0 Å². The van der Waals surface area contributed by atoms with E-state index in [1.165, 1.54) is 0 Å². The second-order valence-electron chi connectivity index (χ2n) is 9.56. The van der Waals surface area contributed by atoms with Gasteiger partial charge >= 0.3 is 11.9 Å². The van der Waals surface area contributed by atoms with Crippen LogP contribution in [0.2, 0.25) is 0 Å². The van der Waals surface area contributed by atoms with Crippen molar-refractivity contribution in [3.8, 4) is 0 Å². The number of carbonyl (C=O) groups excluding carboxylic acids is 2. The fraction of sp³-hybridized carbons (Fsp3) is 0.900. The molecule has 0 aromatic carbocycles. The van der Waals surface area contributed by atoms with Gasteiger partial charge in [-0.25, -0.2) is 0 Å². The van der Waals surface area contributed by atoms with Gasteiger partial charge < -0.3 is 14.2 Å². The summed E-state index contributed by atoms with van der Waals surface area (Å²) in [6, 6.07) is 0. The van der Waals surface area contributed by atoms with Crippen molar-refractivity contribution in [3.63, 3.8) is 0 Å². The van der Waals surface area contributed by atoms with Crippen molar-refractivity contribution in [2.75, 3.05) is 13.7 Å². The van der Waals surface area contributed by atoms with Crippen LogP contribution in [0, 0.1) is 34.5 Å². The molecule has 5 heteroatoms. The Morgan fingerprint density at radius 2 is 1.72 bits per heavy atom. The topological polar surface area (TPSA) is 61.8 Å². The van der Waals surface area contributed by atoms with Gasteiger partial charge in [0.2, 0.25) is 0 Å². The molecule has 5 nitrogen and oxygen atoms in total. The van der Waals surface area contributed by atoms with E-state index in [-0.39, 0.29) is 23.3 Å². The molecule has 4 fully saturated rings. The van der Waals surface area contributed by atoms with E-state index >= 15 is 0 Å². The molecular formula is C20H32O5. The minimum absolute atomic E-state index is 0.0133. The first-order valence-corrected chi connectivity index (χ1v) is 9.54. The molecule has 0 amide bonds. The zero-order valence-electron chi connectivity index (χ0n) is 16.2. The summed E-state index contributed by atoms with van der Waals surface area (Å²) in [4.78, 5) is 24.8. The highest BCUT2D eigenvalue weighted by molar-refractivity contribution is 5.75. The molecule has 4 aliphatic rings. The van der Waals surface area contributed by atoms with Crippen LogP contribution in [0.5, 0.6) is 0 Å². The number of methoxy groups -OCH3 is 1. The van der Waals surface area contributed by atoms with E-state index < -0.39 is 11.7 Å². The molecular weight excluding hydrogens is 320 g/mol. The van der Waals surface area contributed by atoms with Crippen molar-refractivity contribution in [2.24, 2.45) is 34.5 Å². The lowest BCUT2D eigenvalue weighted by Crippen LogP contribution is -2.55. The molecule has 3 atom stereocenters. The molecule has 0 N–H and O–H groups in total. The second kappa shape index (κ2) is 6.57. The molecule has 0 aromatic heterocycles. The number of rotatable bonds is 5. The normalized spacial score (nSPS) is 37.6. The van der Waals surface area contributed by atoms with Crippen molar-refractivity contribution in [1.29, 1.82) is 0 Å². The molecule has 4 bridgehead atoms. The molecule has 4 rings (SSSR count). The third kappa shape index (κ3) is 3.71. The van der Waals surface area contributed by atoms with Gasteiger partial charge in [0.05, 0.1) is 17.9 Å². The van der Waals surface area contributed by atoms with E-state index in [0.29, 0.717) is 24.4 Å². The third-order valence-corrected chi connectivity index (χ3v) is 6.41.